The van der Waals surface area contributed by atoms with Gasteiger partial charge in [0.05, 0.1) is 5.69 Å². The lowest BCUT2D eigenvalue weighted by molar-refractivity contribution is 1.04. The maximum atomic E-state index is 2.39. The van der Waals surface area contributed by atoms with Gasteiger partial charge in [-0.1, -0.05) is 127 Å². The summed E-state index contributed by atoms with van der Waals surface area (Å²) in [7, 11) is 0. The van der Waals surface area contributed by atoms with E-state index in [0.29, 0.717) is 0 Å². The Morgan fingerprint density at radius 3 is 1.75 bits per heavy atom. The molecule has 0 saturated heterocycles. The van der Waals surface area contributed by atoms with Gasteiger partial charge in [-0.05, 0) is 100 Å². The number of hydrogen-bond donors (Lipinski definition) is 0. The number of benzene rings is 7. The summed E-state index contributed by atoms with van der Waals surface area (Å²) < 4.78 is 2.67. The summed E-state index contributed by atoms with van der Waals surface area (Å²) >= 11 is 1.86. The minimum absolute atomic E-state index is 1.12. The highest BCUT2D eigenvalue weighted by Gasteiger charge is 2.16. The molecule has 0 aliphatic heterocycles. The zero-order valence-electron chi connectivity index (χ0n) is 26.5. The SMILES string of the molecule is C1=CC(c2ccc(-c3ccc(N(c4ccc(-c5ccc6sc7ccccc7c6c5)cc4)c4cccc5ccccc45)cc3)cc2)=CCC1. The summed E-state index contributed by atoms with van der Waals surface area (Å²) in [5.41, 5.74) is 10.9. The lowest BCUT2D eigenvalue weighted by Crippen LogP contribution is -2.10. The fourth-order valence-electron chi connectivity index (χ4n) is 7.02. The first kappa shape index (κ1) is 28.5. The van der Waals surface area contributed by atoms with E-state index in [4.69, 9.17) is 0 Å². The number of hydrogen-bond acceptors (Lipinski definition) is 2. The molecule has 0 amide bonds. The van der Waals surface area contributed by atoms with Gasteiger partial charge in [0.1, 0.15) is 0 Å². The van der Waals surface area contributed by atoms with E-state index in [2.05, 4.69) is 181 Å². The van der Waals surface area contributed by atoms with Crippen LogP contribution in [0.2, 0.25) is 0 Å². The maximum Gasteiger partial charge on any atom is 0.0540 e. The molecule has 0 unspecified atom stereocenters. The van der Waals surface area contributed by atoms with E-state index in [9.17, 15) is 0 Å². The molecule has 1 aromatic heterocycles. The summed E-state index contributed by atoms with van der Waals surface area (Å²) in [6, 6.07) is 57.8. The summed E-state index contributed by atoms with van der Waals surface area (Å²) in [6.45, 7) is 0. The molecule has 48 heavy (non-hydrogen) atoms. The highest BCUT2D eigenvalue weighted by atomic mass is 32.1. The fourth-order valence-corrected chi connectivity index (χ4v) is 8.11. The van der Waals surface area contributed by atoms with Crippen molar-refractivity contribution in [3.8, 4) is 22.3 Å². The molecule has 0 fully saturated rings. The Balaban J connectivity index is 1.09. The molecule has 0 radical (unpaired) electrons. The average molecular weight is 632 g/mol. The van der Waals surface area contributed by atoms with Crippen molar-refractivity contribution in [1.29, 1.82) is 0 Å². The fraction of sp³-hybridized carbons (Fsp3) is 0.0435. The lowest BCUT2D eigenvalue weighted by atomic mass is 9.97. The summed E-state index contributed by atoms with van der Waals surface area (Å²) in [4.78, 5) is 2.39. The summed E-state index contributed by atoms with van der Waals surface area (Å²) in [6.07, 6.45) is 9.10. The van der Waals surface area contributed by atoms with Gasteiger partial charge in [0.15, 0.2) is 0 Å². The van der Waals surface area contributed by atoms with Crippen LogP contribution in [0.15, 0.2) is 176 Å². The second-order valence-electron chi connectivity index (χ2n) is 12.5. The molecule has 8 aromatic rings. The van der Waals surface area contributed by atoms with Gasteiger partial charge in [-0.3, -0.25) is 0 Å². The molecule has 0 atom stereocenters. The molecule has 1 aliphatic rings. The van der Waals surface area contributed by atoms with Crippen LogP contribution < -0.4 is 4.90 Å². The van der Waals surface area contributed by atoms with E-state index in [0.717, 1.165) is 29.9 Å². The second kappa shape index (κ2) is 12.2. The van der Waals surface area contributed by atoms with Crippen LogP contribution >= 0.6 is 11.3 Å². The van der Waals surface area contributed by atoms with Gasteiger partial charge in [-0.15, -0.1) is 11.3 Å². The van der Waals surface area contributed by atoms with Crippen molar-refractivity contribution in [3.05, 3.63) is 182 Å². The topological polar surface area (TPSA) is 3.24 Å². The monoisotopic (exact) mass is 631 g/mol. The van der Waals surface area contributed by atoms with Gasteiger partial charge in [-0.25, -0.2) is 0 Å². The highest BCUT2D eigenvalue weighted by molar-refractivity contribution is 7.25. The molecule has 9 rings (SSSR count). The predicted molar refractivity (Wildman–Crippen MR) is 209 cm³/mol. The molecule has 0 N–H and O–H groups in total. The van der Waals surface area contributed by atoms with Crippen LogP contribution in [-0.2, 0) is 0 Å². The number of allylic oxidation sites excluding steroid dienone is 4. The van der Waals surface area contributed by atoms with Crippen molar-refractivity contribution in [3.63, 3.8) is 0 Å². The normalized spacial score (nSPS) is 12.9. The molecule has 1 aliphatic carbocycles. The molecular formula is C46H33NS. The zero-order valence-corrected chi connectivity index (χ0v) is 27.3. The third-order valence-corrected chi connectivity index (χ3v) is 10.7. The Hall–Kier alpha value is -5.70. The van der Waals surface area contributed by atoms with Crippen LogP contribution in [0.5, 0.6) is 0 Å². The molecule has 7 aromatic carbocycles. The average Bonchev–Trinajstić information content (AvgIpc) is 3.54. The van der Waals surface area contributed by atoms with Gasteiger partial charge >= 0.3 is 0 Å². The Kier molecular flexibility index (Phi) is 7.22. The first-order valence-corrected chi connectivity index (χ1v) is 17.5. The Labute approximate surface area is 285 Å². The van der Waals surface area contributed by atoms with Crippen LogP contribution in [-0.4, -0.2) is 0 Å². The van der Waals surface area contributed by atoms with Gasteiger partial charge < -0.3 is 4.90 Å². The van der Waals surface area contributed by atoms with Crippen molar-refractivity contribution in [2.75, 3.05) is 4.90 Å². The van der Waals surface area contributed by atoms with Crippen LogP contribution in [0.4, 0.5) is 17.1 Å². The van der Waals surface area contributed by atoms with Crippen LogP contribution in [0.3, 0.4) is 0 Å². The van der Waals surface area contributed by atoms with E-state index < -0.39 is 0 Å². The molecular weight excluding hydrogens is 599 g/mol. The molecule has 1 heterocycles. The highest BCUT2D eigenvalue weighted by Crippen LogP contribution is 2.41. The van der Waals surface area contributed by atoms with Crippen molar-refractivity contribution in [2.24, 2.45) is 0 Å². The zero-order chi connectivity index (χ0) is 31.9. The molecule has 2 heteroatoms. The van der Waals surface area contributed by atoms with E-state index >= 15 is 0 Å². The Bertz CT molecular complexity index is 2470. The van der Waals surface area contributed by atoms with Crippen molar-refractivity contribution < 1.29 is 0 Å². The quantitative estimate of drug-likeness (QED) is 0.176. The summed E-state index contributed by atoms with van der Waals surface area (Å²) in [5, 5.41) is 5.11. The third kappa shape index (κ3) is 5.21. The Morgan fingerprint density at radius 1 is 0.438 bits per heavy atom. The number of anilines is 3. The number of thiophene rings is 1. The van der Waals surface area contributed by atoms with E-state index in [1.54, 1.807) is 0 Å². The molecule has 1 nitrogen and oxygen atoms in total. The molecule has 228 valence electrons. The number of rotatable bonds is 6. The van der Waals surface area contributed by atoms with E-state index in [1.165, 1.54) is 64.3 Å². The maximum absolute atomic E-state index is 2.39. The van der Waals surface area contributed by atoms with Gasteiger partial charge in [-0.2, -0.15) is 0 Å². The first-order valence-electron chi connectivity index (χ1n) is 16.7. The van der Waals surface area contributed by atoms with Crippen molar-refractivity contribution in [1.82, 2.24) is 0 Å². The van der Waals surface area contributed by atoms with Crippen LogP contribution in [0, 0.1) is 0 Å². The second-order valence-corrected chi connectivity index (χ2v) is 13.5. The molecule has 0 bridgehead atoms. The smallest absolute Gasteiger partial charge is 0.0540 e. The number of fused-ring (bicyclic) bond motifs is 4. The van der Waals surface area contributed by atoms with Crippen LogP contribution in [0.25, 0.3) is 58.8 Å². The minimum Gasteiger partial charge on any atom is -0.310 e. The third-order valence-electron chi connectivity index (χ3n) is 9.52. The lowest BCUT2D eigenvalue weighted by Gasteiger charge is -2.27. The van der Waals surface area contributed by atoms with Gasteiger partial charge in [0.25, 0.3) is 0 Å². The predicted octanol–water partition coefficient (Wildman–Crippen LogP) is 13.7. The summed E-state index contributed by atoms with van der Waals surface area (Å²) in [5.74, 6) is 0. The standard InChI is InChI=1S/C46H33NS/c1-2-9-32(10-3-1)33-17-19-34(20-18-33)35-21-26-39(27-22-35)47(44-15-8-12-37-11-4-5-13-41(37)44)40-28-23-36(24-29-40)38-25-30-46-43(31-38)42-14-6-7-16-45(42)48-46/h2,4-31H,1,3H2. The van der Waals surface area contributed by atoms with E-state index in [-0.39, 0.29) is 0 Å². The number of nitrogens with zero attached hydrogens (tertiary/aromatic N) is 1. The largest absolute Gasteiger partial charge is 0.310 e. The van der Waals surface area contributed by atoms with Gasteiger partial charge in [0, 0.05) is 36.9 Å². The van der Waals surface area contributed by atoms with Crippen molar-refractivity contribution in [2.45, 2.75) is 12.8 Å². The minimum atomic E-state index is 1.12. The van der Waals surface area contributed by atoms with Crippen molar-refractivity contribution >= 4 is 64.9 Å². The molecule has 0 spiro atoms. The molecule has 0 saturated carbocycles. The first-order chi connectivity index (χ1) is 23.8. The van der Waals surface area contributed by atoms with E-state index in [1.807, 2.05) is 11.3 Å². The van der Waals surface area contributed by atoms with Crippen LogP contribution in [0.1, 0.15) is 18.4 Å². The van der Waals surface area contributed by atoms with Gasteiger partial charge in [0.2, 0.25) is 0 Å². The Morgan fingerprint density at radius 2 is 1.02 bits per heavy atom.